The molecular formula is C19H18N4O4S. The molecule has 1 spiro atoms. The molecule has 0 aromatic carbocycles. The fraction of sp³-hybridized carbons (Fsp3) is 0.368. The summed E-state index contributed by atoms with van der Waals surface area (Å²) in [7, 11) is 0. The summed E-state index contributed by atoms with van der Waals surface area (Å²) in [4.78, 5) is 40.5. The molecule has 0 N–H and O–H groups in total. The number of likely N-dealkylation sites (tertiary alicyclic amines) is 1. The standard InChI is InChI=1S/C19H18N4O4S/c24-15(14-4-1-9-27-14)21-7-5-19(12-21)6-8-22-16(25)17(26)23(20-18(19)22)11-13-3-2-10-28-13/h1-4,9-10H,5-8,11-12H2/t19-/m0/s1. The van der Waals surface area contributed by atoms with Crippen molar-refractivity contribution in [3.05, 3.63) is 73.1 Å². The van der Waals surface area contributed by atoms with Crippen molar-refractivity contribution in [3.63, 3.8) is 0 Å². The number of rotatable bonds is 3. The summed E-state index contributed by atoms with van der Waals surface area (Å²) in [6.45, 7) is 1.78. The van der Waals surface area contributed by atoms with Gasteiger partial charge >= 0.3 is 11.1 Å². The fourth-order valence-corrected chi connectivity index (χ4v) is 4.90. The van der Waals surface area contributed by atoms with E-state index in [2.05, 4.69) is 5.10 Å². The number of fused-ring (bicyclic) bond motifs is 2. The Balaban J connectivity index is 1.50. The first-order valence-electron chi connectivity index (χ1n) is 9.15. The molecule has 9 heteroatoms. The number of hydrogen-bond donors (Lipinski definition) is 0. The molecule has 3 aromatic rings. The Labute approximate surface area is 163 Å². The van der Waals surface area contributed by atoms with Crippen molar-refractivity contribution in [2.45, 2.75) is 31.3 Å². The highest BCUT2D eigenvalue weighted by molar-refractivity contribution is 7.09. The first-order valence-corrected chi connectivity index (χ1v) is 10.0. The van der Waals surface area contributed by atoms with Crippen molar-refractivity contribution in [3.8, 4) is 0 Å². The quantitative estimate of drug-likeness (QED) is 0.620. The molecule has 28 heavy (non-hydrogen) atoms. The first-order chi connectivity index (χ1) is 13.6. The molecule has 0 bridgehead atoms. The lowest BCUT2D eigenvalue weighted by molar-refractivity contribution is 0.0751. The fourth-order valence-electron chi connectivity index (χ4n) is 4.22. The van der Waals surface area contributed by atoms with E-state index in [1.165, 1.54) is 26.8 Å². The Morgan fingerprint density at radius 2 is 2.04 bits per heavy atom. The van der Waals surface area contributed by atoms with E-state index in [0.29, 0.717) is 44.1 Å². The molecular weight excluding hydrogens is 380 g/mol. The van der Waals surface area contributed by atoms with Crippen LogP contribution in [-0.4, -0.2) is 38.2 Å². The number of nitrogens with zero attached hydrogens (tertiary/aromatic N) is 4. The van der Waals surface area contributed by atoms with Gasteiger partial charge < -0.3 is 9.32 Å². The third kappa shape index (κ3) is 2.57. The average molecular weight is 398 g/mol. The summed E-state index contributed by atoms with van der Waals surface area (Å²) in [5, 5.41) is 6.52. The summed E-state index contributed by atoms with van der Waals surface area (Å²) in [6, 6.07) is 7.16. The van der Waals surface area contributed by atoms with Gasteiger partial charge in [0.2, 0.25) is 0 Å². The van der Waals surface area contributed by atoms with Gasteiger partial charge in [-0.05, 0) is 36.4 Å². The molecule has 1 atom stereocenters. The zero-order chi connectivity index (χ0) is 19.3. The van der Waals surface area contributed by atoms with Gasteiger partial charge in [0.25, 0.3) is 5.91 Å². The summed E-state index contributed by atoms with van der Waals surface area (Å²) in [6.07, 6.45) is 2.89. The number of hydrogen-bond acceptors (Lipinski definition) is 6. The van der Waals surface area contributed by atoms with Gasteiger partial charge in [-0.25, -0.2) is 4.68 Å². The minimum atomic E-state index is -0.601. The van der Waals surface area contributed by atoms with Gasteiger partial charge in [-0.1, -0.05) is 6.07 Å². The van der Waals surface area contributed by atoms with E-state index in [4.69, 9.17) is 4.42 Å². The van der Waals surface area contributed by atoms with Crippen LogP contribution in [-0.2, 0) is 18.5 Å². The third-order valence-electron chi connectivity index (χ3n) is 5.68. The summed E-state index contributed by atoms with van der Waals surface area (Å²) >= 11 is 1.52. The minimum Gasteiger partial charge on any atom is -0.459 e. The summed E-state index contributed by atoms with van der Waals surface area (Å²) in [5.41, 5.74) is -1.53. The molecule has 2 aliphatic heterocycles. The van der Waals surface area contributed by atoms with Crippen molar-refractivity contribution in [1.82, 2.24) is 19.2 Å². The zero-order valence-corrected chi connectivity index (χ0v) is 15.9. The predicted octanol–water partition coefficient (Wildman–Crippen LogP) is 1.30. The molecule has 2 aliphatic rings. The lowest BCUT2D eigenvalue weighted by atomic mass is 9.85. The zero-order valence-electron chi connectivity index (χ0n) is 15.0. The highest BCUT2D eigenvalue weighted by Gasteiger charge is 2.48. The smallest absolute Gasteiger partial charge is 0.332 e. The minimum absolute atomic E-state index is 0.158. The Bertz CT molecular complexity index is 1150. The Morgan fingerprint density at radius 3 is 2.79 bits per heavy atom. The lowest BCUT2D eigenvalue weighted by Gasteiger charge is -2.23. The lowest BCUT2D eigenvalue weighted by Crippen LogP contribution is -2.45. The Morgan fingerprint density at radius 1 is 1.18 bits per heavy atom. The van der Waals surface area contributed by atoms with Crippen LogP contribution in [0.25, 0.3) is 0 Å². The maximum atomic E-state index is 12.6. The Hall–Kier alpha value is -2.94. The van der Waals surface area contributed by atoms with Gasteiger partial charge in [-0.2, -0.15) is 5.10 Å². The van der Waals surface area contributed by atoms with Crippen molar-refractivity contribution >= 4 is 17.2 Å². The van der Waals surface area contributed by atoms with Gasteiger partial charge in [-0.3, -0.25) is 19.0 Å². The van der Waals surface area contributed by atoms with E-state index in [1.54, 1.807) is 17.0 Å². The van der Waals surface area contributed by atoms with Crippen LogP contribution in [0.5, 0.6) is 0 Å². The van der Waals surface area contributed by atoms with Gasteiger partial charge in [0.1, 0.15) is 5.82 Å². The Kier molecular flexibility index (Phi) is 3.87. The van der Waals surface area contributed by atoms with E-state index < -0.39 is 16.5 Å². The maximum Gasteiger partial charge on any atom is 0.332 e. The molecule has 144 valence electrons. The number of thiophene rings is 1. The van der Waals surface area contributed by atoms with Crippen LogP contribution in [0.4, 0.5) is 0 Å². The van der Waals surface area contributed by atoms with Crippen molar-refractivity contribution in [2.75, 3.05) is 13.1 Å². The summed E-state index contributed by atoms with van der Waals surface area (Å²) in [5.74, 6) is 0.765. The second-order valence-corrected chi connectivity index (χ2v) is 8.34. The van der Waals surface area contributed by atoms with Crippen LogP contribution >= 0.6 is 11.3 Å². The van der Waals surface area contributed by atoms with Crippen LogP contribution in [0.3, 0.4) is 0 Å². The third-order valence-corrected chi connectivity index (χ3v) is 6.54. The molecule has 8 nitrogen and oxygen atoms in total. The van der Waals surface area contributed by atoms with Crippen molar-refractivity contribution < 1.29 is 9.21 Å². The molecule has 0 unspecified atom stereocenters. The molecule has 1 saturated heterocycles. The van der Waals surface area contributed by atoms with Crippen LogP contribution < -0.4 is 11.1 Å². The van der Waals surface area contributed by atoms with E-state index in [-0.39, 0.29) is 12.5 Å². The van der Waals surface area contributed by atoms with E-state index in [1.807, 2.05) is 17.5 Å². The van der Waals surface area contributed by atoms with Gasteiger partial charge in [-0.15, -0.1) is 11.3 Å². The van der Waals surface area contributed by atoms with Gasteiger partial charge in [0, 0.05) is 24.5 Å². The van der Waals surface area contributed by atoms with Gasteiger partial charge in [0.05, 0.1) is 18.2 Å². The molecule has 0 saturated carbocycles. The molecule has 1 fully saturated rings. The average Bonchev–Trinajstić information content (AvgIpc) is 3.49. The number of carbonyl (C=O) groups is 1. The summed E-state index contributed by atoms with van der Waals surface area (Å²) < 4.78 is 8.00. The number of furan rings is 1. The number of aromatic nitrogens is 3. The largest absolute Gasteiger partial charge is 0.459 e. The van der Waals surface area contributed by atoms with Crippen LogP contribution in [0, 0.1) is 0 Å². The SMILES string of the molecule is O=C(c1ccco1)N1CC[C@]2(CCn3c2nn(Cc2cccs2)c(=O)c3=O)C1. The molecule has 1 amide bonds. The van der Waals surface area contributed by atoms with Crippen LogP contribution in [0.1, 0.15) is 34.1 Å². The highest BCUT2D eigenvalue weighted by Crippen LogP contribution is 2.40. The second kappa shape index (κ2) is 6.30. The molecule has 3 aromatic heterocycles. The molecule has 0 radical (unpaired) electrons. The van der Waals surface area contributed by atoms with Crippen molar-refractivity contribution in [2.24, 2.45) is 0 Å². The second-order valence-electron chi connectivity index (χ2n) is 7.31. The molecule has 0 aliphatic carbocycles. The maximum absolute atomic E-state index is 12.6. The number of amides is 1. The van der Waals surface area contributed by atoms with Crippen LogP contribution in [0.15, 0.2) is 49.9 Å². The monoisotopic (exact) mass is 398 g/mol. The van der Waals surface area contributed by atoms with E-state index in [9.17, 15) is 14.4 Å². The van der Waals surface area contributed by atoms with Gasteiger partial charge in [0.15, 0.2) is 5.76 Å². The molecule has 5 rings (SSSR count). The predicted molar refractivity (Wildman–Crippen MR) is 102 cm³/mol. The highest BCUT2D eigenvalue weighted by atomic mass is 32.1. The van der Waals surface area contributed by atoms with Crippen molar-refractivity contribution in [1.29, 1.82) is 0 Å². The molecule has 5 heterocycles. The van der Waals surface area contributed by atoms with E-state index in [0.717, 1.165) is 4.88 Å². The van der Waals surface area contributed by atoms with Crippen LogP contribution in [0.2, 0.25) is 0 Å². The van der Waals surface area contributed by atoms with E-state index >= 15 is 0 Å². The topological polar surface area (TPSA) is 90.3 Å². The first kappa shape index (κ1) is 17.2. The number of carbonyl (C=O) groups excluding carboxylic acids is 1. The normalized spacial score (nSPS) is 20.8.